The largest absolute Gasteiger partial charge is 0.478 e. The molecular formula is C15H15N3O3. The van der Waals surface area contributed by atoms with Crippen LogP contribution < -0.4 is 5.32 Å². The molecule has 2 N–H and O–H groups in total. The van der Waals surface area contributed by atoms with Gasteiger partial charge in [-0.3, -0.25) is 9.48 Å². The molecule has 0 bridgehead atoms. The van der Waals surface area contributed by atoms with Crippen molar-refractivity contribution < 1.29 is 14.7 Å². The third-order valence-corrected chi connectivity index (χ3v) is 2.90. The minimum absolute atomic E-state index is 0.201. The van der Waals surface area contributed by atoms with E-state index in [9.17, 15) is 9.59 Å². The maximum absolute atomic E-state index is 11.7. The molecule has 2 rings (SSSR count). The van der Waals surface area contributed by atoms with Crippen LogP contribution in [0.4, 0.5) is 0 Å². The minimum atomic E-state index is -0.987. The summed E-state index contributed by atoms with van der Waals surface area (Å²) in [5.74, 6) is -1.24. The highest BCUT2D eigenvalue weighted by Gasteiger charge is 2.04. The molecule has 0 aliphatic heterocycles. The highest BCUT2D eigenvalue weighted by Crippen LogP contribution is 2.05. The number of aromatic nitrogens is 2. The number of aromatic carboxylic acids is 1. The summed E-state index contributed by atoms with van der Waals surface area (Å²) in [6.07, 6.45) is 4.73. The third-order valence-electron chi connectivity index (χ3n) is 2.90. The summed E-state index contributed by atoms with van der Waals surface area (Å²) < 4.78 is 1.65. The molecule has 6 nitrogen and oxygen atoms in total. The summed E-state index contributed by atoms with van der Waals surface area (Å²) in [6, 6.07) is 8.25. The van der Waals surface area contributed by atoms with Gasteiger partial charge in [-0.2, -0.15) is 5.10 Å². The summed E-state index contributed by atoms with van der Waals surface area (Å²) in [6.45, 7) is 0.273. The fourth-order valence-corrected chi connectivity index (χ4v) is 1.77. The molecule has 108 valence electrons. The van der Waals surface area contributed by atoms with E-state index in [1.54, 1.807) is 42.2 Å². The molecule has 0 spiro atoms. The Kier molecular flexibility index (Phi) is 4.50. The number of nitrogens with zero attached hydrogens (tertiary/aromatic N) is 2. The van der Waals surface area contributed by atoms with Gasteiger partial charge in [-0.15, -0.1) is 0 Å². The van der Waals surface area contributed by atoms with Crippen molar-refractivity contribution in [2.24, 2.45) is 7.05 Å². The number of hydrogen-bond donors (Lipinski definition) is 2. The van der Waals surface area contributed by atoms with Gasteiger partial charge >= 0.3 is 5.97 Å². The molecule has 0 saturated carbocycles. The van der Waals surface area contributed by atoms with Crippen molar-refractivity contribution in [3.8, 4) is 0 Å². The monoisotopic (exact) mass is 285 g/mol. The van der Waals surface area contributed by atoms with E-state index >= 15 is 0 Å². The zero-order chi connectivity index (χ0) is 15.2. The summed E-state index contributed by atoms with van der Waals surface area (Å²) in [4.78, 5) is 22.5. The number of carboxylic acid groups (broad SMARTS) is 1. The number of carboxylic acids is 1. The van der Waals surface area contributed by atoms with E-state index in [-0.39, 0.29) is 18.0 Å². The van der Waals surface area contributed by atoms with Crippen molar-refractivity contribution in [3.05, 3.63) is 59.4 Å². The Morgan fingerprint density at radius 1 is 1.38 bits per heavy atom. The summed E-state index contributed by atoms with van der Waals surface area (Å²) >= 11 is 0. The van der Waals surface area contributed by atoms with Crippen LogP contribution in [0.3, 0.4) is 0 Å². The fraction of sp³-hybridized carbons (Fsp3) is 0.133. The van der Waals surface area contributed by atoms with Crippen molar-refractivity contribution in [2.45, 2.75) is 6.54 Å². The molecular weight excluding hydrogens is 270 g/mol. The molecule has 6 heteroatoms. The maximum atomic E-state index is 11.7. The van der Waals surface area contributed by atoms with Crippen LogP contribution in [0.25, 0.3) is 6.08 Å². The van der Waals surface area contributed by atoms with Gasteiger partial charge in [-0.1, -0.05) is 12.1 Å². The van der Waals surface area contributed by atoms with E-state index in [0.717, 1.165) is 11.3 Å². The first-order chi connectivity index (χ1) is 10.1. The van der Waals surface area contributed by atoms with Gasteiger partial charge in [0.2, 0.25) is 5.91 Å². The SMILES string of the molecule is Cn1nccc1/C=C/C(=O)NCc1cccc(C(=O)O)c1. The normalized spacial score (nSPS) is 10.7. The second-order valence-corrected chi connectivity index (χ2v) is 4.44. The van der Waals surface area contributed by atoms with E-state index in [1.807, 2.05) is 0 Å². The number of amides is 1. The quantitative estimate of drug-likeness (QED) is 0.814. The second kappa shape index (κ2) is 6.51. The van der Waals surface area contributed by atoms with E-state index in [2.05, 4.69) is 10.4 Å². The van der Waals surface area contributed by atoms with Crippen LogP contribution in [0.15, 0.2) is 42.6 Å². The number of hydrogen-bond acceptors (Lipinski definition) is 3. The zero-order valence-electron chi connectivity index (χ0n) is 11.5. The first kappa shape index (κ1) is 14.5. The molecule has 0 radical (unpaired) electrons. The number of carbonyl (C=O) groups excluding carboxylic acids is 1. The molecule has 0 unspecified atom stereocenters. The fourth-order valence-electron chi connectivity index (χ4n) is 1.77. The second-order valence-electron chi connectivity index (χ2n) is 4.44. The number of benzene rings is 1. The number of rotatable bonds is 5. The van der Waals surface area contributed by atoms with E-state index < -0.39 is 5.97 Å². The predicted octanol–water partition coefficient (Wildman–Crippen LogP) is 1.45. The average molecular weight is 285 g/mol. The molecule has 1 heterocycles. The number of carbonyl (C=O) groups is 2. The van der Waals surface area contributed by atoms with Crippen molar-refractivity contribution >= 4 is 18.0 Å². The zero-order valence-corrected chi connectivity index (χ0v) is 11.5. The van der Waals surface area contributed by atoms with E-state index in [0.29, 0.717) is 0 Å². The van der Waals surface area contributed by atoms with Crippen LogP contribution in [-0.2, 0) is 18.4 Å². The summed E-state index contributed by atoms with van der Waals surface area (Å²) in [7, 11) is 1.79. The van der Waals surface area contributed by atoms with Crippen molar-refractivity contribution in [2.75, 3.05) is 0 Å². The summed E-state index contributed by atoms with van der Waals surface area (Å²) in [5, 5.41) is 15.6. The van der Waals surface area contributed by atoms with Crippen molar-refractivity contribution in [3.63, 3.8) is 0 Å². The lowest BCUT2D eigenvalue weighted by atomic mass is 10.1. The lowest BCUT2D eigenvalue weighted by molar-refractivity contribution is -0.116. The van der Waals surface area contributed by atoms with Crippen LogP contribution in [0.5, 0.6) is 0 Å². The van der Waals surface area contributed by atoms with Crippen LogP contribution in [-0.4, -0.2) is 26.8 Å². The molecule has 0 aliphatic rings. The van der Waals surface area contributed by atoms with Crippen molar-refractivity contribution in [1.29, 1.82) is 0 Å². The Bertz CT molecular complexity index is 689. The van der Waals surface area contributed by atoms with Crippen LogP contribution >= 0.6 is 0 Å². The molecule has 0 saturated heterocycles. The van der Waals surface area contributed by atoms with Gasteiger partial charge in [0.1, 0.15) is 0 Å². The highest BCUT2D eigenvalue weighted by molar-refractivity contribution is 5.91. The van der Waals surface area contributed by atoms with E-state index in [1.165, 1.54) is 18.2 Å². The summed E-state index contributed by atoms with van der Waals surface area (Å²) in [5.41, 5.74) is 1.75. The first-order valence-electron chi connectivity index (χ1n) is 6.32. The van der Waals surface area contributed by atoms with Gasteiger partial charge in [0.25, 0.3) is 0 Å². The highest BCUT2D eigenvalue weighted by atomic mass is 16.4. The van der Waals surface area contributed by atoms with Gasteiger partial charge in [-0.05, 0) is 29.8 Å². The Morgan fingerprint density at radius 2 is 2.19 bits per heavy atom. The standard InChI is InChI=1S/C15H15N3O3/c1-18-13(7-8-17-18)5-6-14(19)16-10-11-3-2-4-12(9-11)15(20)21/h2-9H,10H2,1H3,(H,16,19)(H,20,21)/b6-5+. The lowest BCUT2D eigenvalue weighted by Gasteiger charge is -2.03. The average Bonchev–Trinajstić information content (AvgIpc) is 2.88. The van der Waals surface area contributed by atoms with Gasteiger partial charge in [0.05, 0.1) is 11.3 Å². The van der Waals surface area contributed by atoms with Gasteiger partial charge in [0, 0.05) is 25.9 Å². The van der Waals surface area contributed by atoms with Crippen LogP contribution in [0.2, 0.25) is 0 Å². The smallest absolute Gasteiger partial charge is 0.335 e. The van der Waals surface area contributed by atoms with Gasteiger partial charge < -0.3 is 10.4 Å². The Labute approximate surface area is 121 Å². The topological polar surface area (TPSA) is 84.2 Å². The molecule has 0 atom stereocenters. The Morgan fingerprint density at radius 3 is 2.86 bits per heavy atom. The van der Waals surface area contributed by atoms with Gasteiger partial charge in [0.15, 0.2) is 0 Å². The predicted molar refractivity (Wildman–Crippen MR) is 77.5 cm³/mol. The Balaban J connectivity index is 1.92. The molecule has 0 fully saturated rings. The number of aryl methyl sites for hydroxylation is 1. The van der Waals surface area contributed by atoms with Crippen LogP contribution in [0, 0.1) is 0 Å². The first-order valence-corrected chi connectivity index (χ1v) is 6.32. The van der Waals surface area contributed by atoms with Crippen LogP contribution in [0.1, 0.15) is 21.6 Å². The molecule has 21 heavy (non-hydrogen) atoms. The molecule has 1 amide bonds. The Hall–Kier alpha value is -2.89. The molecule has 1 aromatic carbocycles. The number of nitrogens with one attached hydrogen (secondary N) is 1. The lowest BCUT2D eigenvalue weighted by Crippen LogP contribution is -2.20. The third kappa shape index (κ3) is 4.04. The van der Waals surface area contributed by atoms with E-state index in [4.69, 9.17) is 5.11 Å². The maximum Gasteiger partial charge on any atom is 0.335 e. The molecule has 1 aromatic heterocycles. The minimum Gasteiger partial charge on any atom is -0.478 e. The molecule has 0 aliphatic carbocycles. The van der Waals surface area contributed by atoms with Crippen molar-refractivity contribution in [1.82, 2.24) is 15.1 Å². The molecule has 2 aromatic rings. The van der Waals surface area contributed by atoms with Gasteiger partial charge in [-0.25, -0.2) is 4.79 Å².